The van der Waals surface area contributed by atoms with Crippen LogP contribution in [0.3, 0.4) is 0 Å². The molecule has 1 aliphatic rings. The summed E-state index contributed by atoms with van der Waals surface area (Å²) < 4.78 is 0. The third-order valence-corrected chi connectivity index (χ3v) is 4.05. The highest BCUT2D eigenvalue weighted by Crippen LogP contribution is 2.56. The average molecular weight is 154 g/mol. The van der Waals surface area contributed by atoms with Crippen molar-refractivity contribution in [1.82, 2.24) is 0 Å². The predicted octanol–water partition coefficient (Wildman–Crippen LogP) is 3.86. The van der Waals surface area contributed by atoms with Crippen LogP contribution in [-0.4, -0.2) is 0 Å². The average Bonchev–Trinajstić information content (AvgIpc) is 2.00. The number of hydrogen-bond acceptors (Lipinski definition) is 0. The van der Waals surface area contributed by atoms with E-state index in [0.29, 0.717) is 0 Å². The molecule has 1 rings (SSSR count). The smallest absolute Gasteiger partial charge is 0.0269 e. The zero-order valence-corrected chi connectivity index (χ0v) is 8.48. The van der Waals surface area contributed by atoms with Crippen LogP contribution in [0.2, 0.25) is 0 Å². The highest BCUT2D eigenvalue weighted by Gasteiger charge is 2.47. The molecular formula is C11H22. The molecule has 66 valence electrons. The zero-order chi connectivity index (χ0) is 8.48. The SMILES string of the molecule is CCC1C(C)CC1(CC)CC. The molecule has 0 aromatic heterocycles. The summed E-state index contributed by atoms with van der Waals surface area (Å²) in [5, 5.41) is 0. The van der Waals surface area contributed by atoms with Gasteiger partial charge in [0, 0.05) is 0 Å². The maximum absolute atomic E-state index is 2.41. The van der Waals surface area contributed by atoms with Crippen molar-refractivity contribution in [3.8, 4) is 0 Å². The summed E-state index contributed by atoms with van der Waals surface area (Å²) in [5.74, 6) is 2.03. The predicted molar refractivity (Wildman–Crippen MR) is 50.6 cm³/mol. The van der Waals surface area contributed by atoms with Crippen LogP contribution >= 0.6 is 0 Å². The molecule has 1 aliphatic carbocycles. The first-order valence-corrected chi connectivity index (χ1v) is 5.20. The van der Waals surface area contributed by atoms with E-state index in [1.54, 1.807) is 0 Å². The van der Waals surface area contributed by atoms with E-state index in [4.69, 9.17) is 0 Å². The topological polar surface area (TPSA) is 0 Å². The molecule has 0 radical (unpaired) electrons. The van der Waals surface area contributed by atoms with Crippen LogP contribution in [0.1, 0.15) is 53.4 Å². The van der Waals surface area contributed by atoms with E-state index in [1.165, 1.54) is 25.7 Å². The number of hydrogen-bond donors (Lipinski definition) is 0. The van der Waals surface area contributed by atoms with Crippen LogP contribution in [0, 0.1) is 17.3 Å². The largest absolute Gasteiger partial charge is 0.0651 e. The van der Waals surface area contributed by atoms with Gasteiger partial charge in [-0.1, -0.05) is 47.0 Å². The molecule has 0 heteroatoms. The third-order valence-electron chi connectivity index (χ3n) is 4.05. The molecule has 0 spiro atoms. The summed E-state index contributed by atoms with van der Waals surface area (Å²) >= 11 is 0. The standard InChI is InChI=1S/C11H22/c1-5-10-9(4)8-11(10,6-2)7-3/h9-10H,5-8H2,1-4H3. The van der Waals surface area contributed by atoms with Crippen molar-refractivity contribution >= 4 is 0 Å². The molecule has 0 nitrogen and oxygen atoms in total. The van der Waals surface area contributed by atoms with Gasteiger partial charge in [-0.3, -0.25) is 0 Å². The van der Waals surface area contributed by atoms with Gasteiger partial charge in [0.05, 0.1) is 0 Å². The van der Waals surface area contributed by atoms with Crippen LogP contribution in [-0.2, 0) is 0 Å². The van der Waals surface area contributed by atoms with E-state index in [9.17, 15) is 0 Å². The Labute approximate surface area is 71.4 Å². The van der Waals surface area contributed by atoms with Gasteiger partial charge in [0.15, 0.2) is 0 Å². The Hall–Kier alpha value is 0. The minimum atomic E-state index is 0.744. The van der Waals surface area contributed by atoms with Crippen LogP contribution < -0.4 is 0 Å². The fraction of sp³-hybridized carbons (Fsp3) is 1.00. The minimum absolute atomic E-state index is 0.744. The van der Waals surface area contributed by atoms with Gasteiger partial charge in [0.2, 0.25) is 0 Å². The maximum atomic E-state index is 2.41. The molecule has 2 atom stereocenters. The Bertz CT molecular complexity index is 122. The fourth-order valence-electron chi connectivity index (χ4n) is 3.28. The number of rotatable bonds is 3. The highest BCUT2D eigenvalue weighted by atomic mass is 14.5. The van der Waals surface area contributed by atoms with Crippen LogP contribution in [0.4, 0.5) is 0 Å². The van der Waals surface area contributed by atoms with E-state index < -0.39 is 0 Å². The lowest BCUT2D eigenvalue weighted by Crippen LogP contribution is -2.45. The molecule has 0 bridgehead atoms. The minimum Gasteiger partial charge on any atom is -0.0651 e. The monoisotopic (exact) mass is 154 g/mol. The van der Waals surface area contributed by atoms with Gasteiger partial charge < -0.3 is 0 Å². The van der Waals surface area contributed by atoms with Gasteiger partial charge >= 0.3 is 0 Å². The van der Waals surface area contributed by atoms with Gasteiger partial charge in [-0.2, -0.15) is 0 Å². The quantitative estimate of drug-likeness (QED) is 0.579. The van der Waals surface area contributed by atoms with Gasteiger partial charge in [0.1, 0.15) is 0 Å². The van der Waals surface area contributed by atoms with Crippen molar-refractivity contribution in [2.75, 3.05) is 0 Å². The molecular weight excluding hydrogens is 132 g/mol. The van der Waals surface area contributed by atoms with Crippen molar-refractivity contribution in [2.45, 2.75) is 53.4 Å². The second-order valence-corrected chi connectivity index (χ2v) is 4.27. The Morgan fingerprint density at radius 1 is 1.18 bits per heavy atom. The van der Waals surface area contributed by atoms with Crippen molar-refractivity contribution in [1.29, 1.82) is 0 Å². The molecule has 0 heterocycles. The molecule has 0 amide bonds. The van der Waals surface area contributed by atoms with E-state index >= 15 is 0 Å². The highest BCUT2D eigenvalue weighted by molar-refractivity contribution is 4.97. The molecule has 0 saturated heterocycles. The Morgan fingerprint density at radius 2 is 1.73 bits per heavy atom. The summed E-state index contributed by atoms with van der Waals surface area (Å²) in [6, 6.07) is 0. The molecule has 0 aromatic rings. The molecule has 0 aliphatic heterocycles. The lowest BCUT2D eigenvalue weighted by molar-refractivity contribution is -0.0432. The van der Waals surface area contributed by atoms with Gasteiger partial charge in [-0.05, 0) is 23.7 Å². The molecule has 11 heavy (non-hydrogen) atoms. The summed E-state index contributed by atoms with van der Waals surface area (Å²) in [6.45, 7) is 9.48. The van der Waals surface area contributed by atoms with Crippen LogP contribution in [0.25, 0.3) is 0 Å². The van der Waals surface area contributed by atoms with Crippen molar-refractivity contribution in [3.63, 3.8) is 0 Å². The van der Waals surface area contributed by atoms with Gasteiger partial charge in [-0.25, -0.2) is 0 Å². The summed E-state index contributed by atoms with van der Waals surface area (Å²) in [6.07, 6.45) is 5.67. The molecule has 0 aromatic carbocycles. The maximum Gasteiger partial charge on any atom is -0.0269 e. The second kappa shape index (κ2) is 3.16. The fourth-order valence-corrected chi connectivity index (χ4v) is 3.28. The summed E-state index contributed by atoms with van der Waals surface area (Å²) in [5.41, 5.74) is 0.744. The Morgan fingerprint density at radius 3 is 1.91 bits per heavy atom. The zero-order valence-electron chi connectivity index (χ0n) is 8.48. The van der Waals surface area contributed by atoms with Crippen LogP contribution in [0.15, 0.2) is 0 Å². The lowest BCUT2D eigenvalue weighted by Gasteiger charge is -2.54. The first-order valence-electron chi connectivity index (χ1n) is 5.20. The molecule has 1 fully saturated rings. The van der Waals surface area contributed by atoms with Crippen molar-refractivity contribution in [3.05, 3.63) is 0 Å². The van der Waals surface area contributed by atoms with Crippen molar-refractivity contribution in [2.24, 2.45) is 17.3 Å². The summed E-state index contributed by atoms with van der Waals surface area (Å²) in [7, 11) is 0. The molecule has 1 saturated carbocycles. The Balaban J connectivity index is 2.58. The summed E-state index contributed by atoms with van der Waals surface area (Å²) in [4.78, 5) is 0. The van der Waals surface area contributed by atoms with E-state index in [0.717, 1.165) is 17.3 Å². The van der Waals surface area contributed by atoms with E-state index in [2.05, 4.69) is 27.7 Å². The first-order chi connectivity index (χ1) is 5.20. The first kappa shape index (κ1) is 9.09. The molecule has 2 unspecified atom stereocenters. The Kier molecular flexibility index (Phi) is 2.61. The molecule has 0 N–H and O–H groups in total. The normalized spacial score (nSPS) is 34.9. The third kappa shape index (κ3) is 1.21. The van der Waals surface area contributed by atoms with Crippen molar-refractivity contribution < 1.29 is 0 Å². The van der Waals surface area contributed by atoms with E-state index in [1.807, 2.05) is 0 Å². The van der Waals surface area contributed by atoms with Gasteiger partial charge in [0.25, 0.3) is 0 Å². The van der Waals surface area contributed by atoms with E-state index in [-0.39, 0.29) is 0 Å². The second-order valence-electron chi connectivity index (χ2n) is 4.27. The van der Waals surface area contributed by atoms with Gasteiger partial charge in [-0.15, -0.1) is 0 Å². The lowest BCUT2D eigenvalue weighted by atomic mass is 9.51. The van der Waals surface area contributed by atoms with Crippen LogP contribution in [0.5, 0.6) is 0 Å².